The molecule has 27 heavy (non-hydrogen) atoms. The summed E-state index contributed by atoms with van der Waals surface area (Å²) < 4.78 is 1.80. The van der Waals surface area contributed by atoms with E-state index in [0.717, 1.165) is 33.7 Å². The number of aromatic nitrogens is 4. The fourth-order valence-electron chi connectivity index (χ4n) is 2.94. The second-order valence-electron chi connectivity index (χ2n) is 6.48. The molecule has 7 heteroatoms. The number of anilines is 2. The summed E-state index contributed by atoms with van der Waals surface area (Å²) >= 11 is 12.2. The van der Waals surface area contributed by atoms with Crippen LogP contribution in [0.1, 0.15) is 17.0 Å². The van der Waals surface area contributed by atoms with Gasteiger partial charge < -0.3 is 5.32 Å². The smallest absolute Gasteiger partial charge is 0.197 e. The van der Waals surface area contributed by atoms with Gasteiger partial charge in [-0.2, -0.15) is 5.10 Å². The Bertz CT molecular complexity index is 1170. The molecule has 2 heterocycles. The van der Waals surface area contributed by atoms with Crippen molar-refractivity contribution < 1.29 is 0 Å². The van der Waals surface area contributed by atoms with Gasteiger partial charge in [0.15, 0.2) is 11.6 Å². The predicted molar refractivity (Wildman–Crippen MR) is 111 cm³/mol. The Hall–Kier alpha value is -2.63. The Balaban J connectivity index is 1.91. The maximum absolute atomic E-state index is 6.15. The van der Waals surface area contributed by atoms with E-state index in [2.05, 4.69) is 10.4 Å². The van der Waals surface area contributed by atoms with E-state index in [1.165, 1.54) is 0 Å². The van der Waals surface area contributed by atoms with Crippen LogP contribution in [0.4, 0.5) is 11.5 Å². The van der Waals surface area contributed by atoms with Gasteiger partial charge in [-0.15, -0.1) is 0 Å². The number of nitrogens with zero attached hydrogens (tertiary/aromatic N) is 4. The van der Waals surface area contributed by atoms with Gasteiger partial charge in [0.2, 0.25) is 0 Å². The normalized spacial score (nSPS) is 11.1. The van der Waals surface area contributed by atoms with Crippen LogP contribution in [-0.4, -0.2) is 19.7 Å². The number of hydrogen-bond donors (Lipinski definition) is 1. The van der Waals surface area contributed by atoms with Gasteiger partial charge in [-0.05, 0) is 62.7 Å². The molecule has 0 amide bonds. The van der Waals surface area contributed by atoms with E-state index >= 15 is 0 Å². The number of rotatable bonds is 3. The third-order valence-electron chi connectivity index (χ3n) is 4.19. The molecule has 2 aromatic carbocycles. The number of aryl methyl sites for hydroxylation is 3. The summed E-state index contributed by atoms with van der Waals surface area (Å²) in [6, 6.07) is 13.3. The van der Waals surface area contributed by atoms with Crippen LogP contribution in [-0.2, 0) is 0 Å². The number of nitrogens with one attached hydrogen (secondary N) is 1. The van der Waals surface area contributed by atoms with Gasteiger partial charge in [0.05, 0.1) is 26.8 Å². The van der Waals surface area contributed by atoms with Gasteiger partial charge in [-0.25, -0.2) is 14.6 Å². The molecule has 0 radical (unpaired) electrons. The molecule has 0 saturated heterocycles. The molecular weight excluding hydrogens is 381 g/mol. The Labute approximate surface area is 167 Å². The molecule has 4 aromatic rings. The van der Waals surface area contributed by atoms with Gasteiger partial charge in [0.25, 0.3) is 0 Å². The quantitative estimate of drug-likeness (QED) is 0.475. The molecule has 0 atom stereocenters. The third kappa shape index (κ3) is 3.48. The van der Waals surface area contributed by atoms with Crippen LogP contribution in [0, 0.1) is 20.8 Å². The zero-order chi connectivity index (χ0) is 19.1. The van der Waals surface area contributed by atoms with Crippen molar-refractivity contribution in [3.8, 4) is 5.82 Å². The van der Waals surface area contributed by atoms with Crippen LogP contribution in [0.2, 0.25) is 10.0 Å². The molecule has 0 spiro atoms. The lowest BCUT2D eigenvalue weighted by Crippen LogP contribution is -2.08. The molecule has 136 valence electrons. The number of benzene rings is 2. The lowest BCUT2D eigenvalue weighted by atomic mass is 10.2. The van der Waals surface area contributed by atoms with Crippen molar-refractivity contribution >= 4 is 45.7 Å². The molecule has 0 saturated carbocycles. The molecule has 0 fully saturated rings. The van der Waals surface area contributed by atoms with E-state index < -0.39 is 0 Å². The second-order valence-corrected chi connectivity index (χ2v) is 7.30. The van der Waals surface area contributed by atoms with Crippen molar-refractivity contribution in [3.05, 3.63) is 69.5 Å². The highest BCUT2D eigenvalue weighted by Gasteiger charge is 2.15. The highest BCUT2D eigenvalue weighted by Crippen LogP contribution is 2.29. The molecule has 1 N–H and O–H groups in total. The van der Waals surface area contributed by atoms with Crippen LogP contribution in [0.5, 0.6) is 0 Å². The summed E-state index contributed by atoms with van der Waals surface area (Å²) in [6.07, 6.45) is 0. The predicted octanol–water partition coefficient (Wildman–Crippen LogP) is 5.79. The van der Waals surface area contributed by atoms with E-state index in [9.17, 15) is 0 Å². The van der Waals surface area contributed by atoms with E-state index in [1.807, 2.05) is 51.1 Å². The monoisotopic (exact) mass is 397 g/mol. The van der Waals surface area contributed by atoms with Crippen LogP contribution >= 0.6 is 23.2 Å². The van der Waals surface area contributed by atoms with Gasteiger partial charge in [0.1, 0.15) is 0 Å². The Morgan fingerprint density at radius 1 is 0.852 bits per heavy atom. The van der Waals surface area contributed by atoms with Crippen molar-refractivity contribution in [1.82, 2.24) is 19.7 Å². The number of halogens is 2. The molecule has 0 aliphatic carbocycles. The standard InChI is InChI=1S/C20H17Cl2N5/c1-11-4-7-17-18(8-11)25-20(27-13(3)9-12(2)26-27)19(24-17)23-14-5-6-15(21)16(22)10-14/h4-10H,1-3H3,(H,23,24). The number of hydrogen-bond acceptors (Lipinski definition) is 4. The first-order chi connectivity index (χ1) is 12.9. The highest BCUT2D eigenvalue weighted by atomic mass is 35.5. The van der Waals surface area contributed by atoms with E-state index in [0.29, 0.717) is 21.7 Å². The number of fused-ring (bicyclic) bond motifs is 1. The first-order valence-corrected chi connectivity index (χ1v) is 9.20. The van der Waals surface area contributed by atoms with Gasteiger partial charge in [0, 0.05) is 11.4 Å². The summed E-state index contributed by atoms with van der Waals surface area (Å²) in [7, 11) is 0. The highest BCUT2D eigenvalue weighted by molar-refractivity contribution is 6.42. The molecule has 0 aliphatic heterocycles. The SMILES string of the molecule is Cc1ccc2nc(Nc3ccc(Cl)c(Cl)c3)c(-n3nc(C)cc3C)nc2c1. The third-order valence-corrected chi connectivity index (χ3v) is 4.93. The fourth-order valence-corrected chi connectivity index (χ4v) is 3.24. The summed E-state index contributed by atoms with van der Waals surface area (Å²) in [5.74, 6) is 1.22. The van der Waals surface area contributed by atoms with Gasteiger partial charge >= 0.3 is 0 Å². The summed E-state index contributed by atoms with van der Waals surface area (Å²) in [5.41, 5.74) is 5.41. The summed E-state index contributed by atoms with van der Waals surface area (Å²) in [5, 5.41) is 8.85. The Morgan fingerprint density at radius 2 is 1.67 bits per heavy atom. The average molecular weight is 398 g/mol. The van der Waals surface area contributed by atoms with Crippen LogP contribution < -0.4 is 5.32 Å². The molecular formula is C20H17Cl2N5. The fraction of sp³-hybridized carbons (Fsp3) is 0.150. The lowest BCUT2D eigenvalue weighted by molar-refractivity contribution is 0.808. The topological polar surface area (TPSA) is 55.6 Å². The zero-order valence-corrected chi connectivity index (χ0v) is 16.6. The molecule has 2 aromatic heterocycles. The van der Waals surface area contributed by atoms with Crippen molar-refractivity contribution in [2.24, 2.45) is 0 Å². The van der Waals surface area contributed by atoms with Crippen molar-refractivity contribution in [3.63, 3.8) is 0 Å². The maximum Gasteiger partial charge on any atom is 0.197 e. The van der Waals surface area contributed by atoms with Gasteiger partial charge in [-0.3, -0.25) is 0 Å². The Kier molecular flexibility index (Phi) is 4.50. The van der Waals surface area contributed by atoms with E-state index in [4.69, 9.17) is 33.2 Å². The summed E-state index contributed by atoms with van der Waals surface area (Å²) in [4.78, 5) is 9.61. The van der Waals surface area contributed by atoms with E-state index in [-0.39, 0.29) is 0 Å². The lowest BCUT2D eigenvalue weighted by Gasteiger charge is -2.13. The van der Waals surface area contributed by atoms with Crippen molar-refractivity contribution in [2.75, 3.05) is 5.32 Å². The maximum atomic E-state index is 6.15. The van der Waals surface area contributed by atoms with Crippen LogP contribution in [0.25, 0.3) is 16.9 Å². The van der Waals surface area contributed by atoms with Crippen molar-refractivity contribution in [1.29, 1.82) is 0 Å². The minimum Gasteiger partial charge on any atom is -0.337 e. The van der Waals surface area contributed by atoms with Crippen LogP contribution in [0.3, 0.4) is 0 Å². The van der Waals surface area contributed by atoms with E-state index in [1.54, 1.807) is 16.8 Å². The van der Waals surface area contributed by atoms with Crippen LogP contribution in [0.15, 0.2) is 42.5 Å². The second kappa shape index (κ2) is 6.83. The largest absolute Gasteiger partial charge is 0.337 e. The molecule has 0 aliphatic rings. The molecule has 4 rings (SSSR count). The molecule has 5 nitrogen and oxygen atoms in total. The Morgan fingerprint density at radius 3 is 2.37 bits per heavy atom. The first-order valence-electron chi connectivity index (χ1n) is 8.45. The average Bonchev–Trinajstić information content (AvgIpc) is 2.96. The molecule has 0 bridgehead atoms. The minimum atomic E-state index is 0.471. The molecule has 0 unspecified atom stereocenters. The van der Waals surface area contributed by atoms with Gasteiger partial charge in [-0.1, -0.05) is 29.3 Å². The van der Waals surface area contributed by atoms with Crippen molar-refractivity contribution in [2.45, 2.75) is 20.8 Å². The summed E-state index contributed by atoms with van der Waals surface area (Å²) in [6.45, 7) is 5.98. The zero-order valence-electron chi connectivity index (χ0n) is 15.1. The minimum absolute atomic E-state index is 0.471. The first kappa shape index (κ1) is 17.8.